The van der Waals surface area contributed by atoms with E-state index in [2.05, 4.69) is 20.5 Å². The average Bonchev–Trinajstić information content (AvgIpc) is 2.83. The van der Waals surface area contributed by atoms with Crippen LogP contribution in [0.3, 0.4) is 0 Å². The van der Waals surface area contributed by atoms with E-state index in [-0.39, 0.29) is 5.95 Å². The standard InChI is InChI=1S/C10H13N5O3S/c1-5-6(2)13-14-9(11-5)12-10(18)15-4-19-3-7(15)8(16)17/h7H,3-4H2,1-2H3,(H,16,17)(H,11,12,14,18). The van der Waals surface area contributed by atoms with Crippen LogP contribution >= 0.6 is 11.8 Å². The summed E-state index contributed by atoms with van der Waals surface area (Å²) in [6.45, 7) is 3.52. The number of aromatic nitrogens is 3. The second kappa shape index (κ2) is 5.39. The Morgan fingerprint density at radius 1 is 1.37 bits per heavy atom. The largest absolute Gasteiger partial charge is 0.480 e. The van der Waals surface area contributed by atoms with Crippen molar-refractivity contribution in [3.05, 3.63) is 11.4 Å². The lowest BCUT2D eigenvalue weighted by atomic mass is 10.3. The van der Waals surface area contributed by atoms with Crippen LogP contribution in [-0.4, -0.2) is 54.9 Å². The second-order valence-corrected chi connectivity index (χ2v) is 5.06. The number of urea groups is 1. The van der Waals surface area contributed by atoms with E-state index in [0.717, 1.165) is 0 Å². The number of carbonyl (C=O) groups is 2. The summed E-state index contributed by atoms with van der Waals surface area (Å²) in [6, 6.07) is -1.34. The summed E-state index contributed by atoms with van der Waals surface area (Å²) in [5.74, 6) is -0.219. The SMILES string of the molecule is Cc1nnc(NC(=O)N2CSCC2C(=O)O)nc1C. The smallest absolute Gasteiger partial charge is 0.327 e. The molecule has 19 heavy (non-hydrogen) atoms. The molecule has 2 N–H and O–H groups in total. The minimum atomic E-state index is -1.01. The number of carboxylic acid groups (broad SMARTS) is 1. The van der Waals surface area contributed by atoms with E-state index >= 15 is 0 Å². The van der Waals surface area contributed by atoms with Gasteiger partial charge in [-0.2, -0.15) is 5.10 Å². The molecule has 0 bridgehead atoms. The first-order valence-electron chi connectivity index (χ1n) is 5.55. The number of thioether (sulfide) groups is 1. The molecule has 2 amide bonds. The summed E-state index contributed by atoms with van der Waals surface area (Å²) in [6.07, 6.45) is 0. The number of hydrogen-bond donors (Lipinski definition) is 2. The molecule has 1 atom stereocenters. The predicted octanol–water partition coefficient (Wildman–Crippen LogP) is 0.480. The van der Waals surface area contributed by atoms with E-state index in [1.54, 1.807) is 13.8 Å². The third kappa shape index (κ3) is 2.92. The molecule has 2 heterocycles. The van der Waals surface area contributed by atoms with Gasteiger partial charge in [-0.1, -0.05) is 0 Å². The molecule has 8 nitrogen and oxygen atoms in total. The van der Waals surface area contributed by atoms with E-state index < -0.39 is 18.0 Å². The monoisotopic (exact) mass is 283 g/mol. The van der Waals surface area contributed by atoms with Crippen molar-refractivity contribution in [3.63, 3.8) is 0 Å². The van der Waals surface area contributed by atoms with Gasteiger partial charge in [-0.3, -0.25) is 5.32 Å². The number of rotatable bonds is 2. The summed E-state index contributed by atoms with van der Waals surface area (Å²) in [4.78, 5) is 28.3. The van der Waals surface area contributed by atoms with Crippen LogP contribution in [0.25, 0.3) is 0 Å². The van der Waals surface area contributed by atoms with Crippen molar-refractivity contribution in [2.24, 2.45) is 0 Å². The molecule has 0 saturated carbocycles. The Morgan fingerprint density at radius 3 is 2.74 bits per heavy atom. The summed E-state index contributed by atoms with van der Waals surface area (Å²) < 4.78 is 0. The van der Waals surface area contributed by atoms with Gasteiger partial charge in [-0.05, 0) is 13.8 Å². The van der Waals surface area contributed by atoms with E-state index in [9.17, 15) is 9.59 Å². The lowest BCUT2D eigenvalue weighted by Crippen LogP contribution is -2.44. The van der Waals surface area contributed by atoms with Gasteiger partial charge in [0.2, 0.25) is 0 Å². The second-order valence-electron chi connectivity index (χ2n) is 4.06. The zero-order valence-corrected chi connectivity index (χ0v) is 11.3. The maximum atomic E-state index is 12.0. The summed E-state index contributed by atoms with van der Waals surface area (Å²) in [5.41, 5.74) is 1.34. The van der Waals surface area contributed by atoms with Crippen molar-refractivity contribution < 1.29 is 14.7 Å². The molecular formula is C10H13N5O3S. The molecule has 1 saturated heterocycles. The quantitative estimate of drug-likeness (QED) is 0.812. The highest BCUT2D eigenvalue weighted by atomic mass is 32.2. The van der Waals surface area contributed by atoms with Gasteiger partial charge in [-0.15, -0.1) is 16.9 Å². The predicted molar refractivity (Wildman–Crippen MR) is 68.9 cm³/mol. The first kappa shape index (κ1) is 13.5. The van der Waals surface area contributed by atoms with Gasteiger partial charge in [0.25, 0.3) is 5.95 Å². The first-order valence-corrected chi connectivity index (χ1v) is 6.70. The van der Waals surface area contributed by atoms with Crippen LogP contribution < -0.4 is 5.32 Å². The molecule has 0 aliphatic carbocycles. The number of carbonyl (C=O) groups excluding carboxylic acids is 1. The molecule has 1 aliphatic heterocycles. The van der Waals surface area contributed by atoms with Crippen LogP contribution in [0.4, 0.5) is 10.7 Å². The maximum absolute atomic E-state index is 12.0. The molecule has 2 rings (SSSR count). The van der Waals surface area contributed by atoms with Gasteiger partial charge in [0, 0.05) is 5.75 Å². The maximum Gasteiger partial charge on any atom is 0.327 e. The summed E-state index contributed by atoms with van der Waals surface area (Å²) in [7, 11) is 0. The molecule has 0 spiro atoms. The number of nitrogens with zero attached hydrogens (tertiary/aromatic N) is 4. The molecular weight excluding hydrogens is 270 g/mol. The Balaban J connectivity index is 2.08. The number of carboxylic acids is 1. The van der Waals surface area contributed by atoms with Crippen molar-refractivity contribution in [1.82, 2.24) is 20.1 Å². The highest BCUT2D eigenvalue weighted by molar-refractivity contribution is 7.99. The van der Waals surface area contributed by atoms with Crippen molar-refractivity contribution in [2.45, 2.75) is 19.9 Å². The van der Waals surface area contributed by atoms with E-state index in [1.807, 2.05) is 0 Å². The highest BCUT2D eigenvalue weighted by Gasteiger charge is 2.34. The van der Waals surface area contributed by atoms with Gasteiger partial charge < -0.3 is 10.0 Å². The van der Waals surface area contributed by atoms with Crippen LogP contribution in [0.5, 0.6) is 0 Å². The molecule has 1 aliphatic rings. The van der Waals surface area contributed by atoms with Gasteiger partial charge in [0.1, 0.15) is 6.04 Å². The van der Waals surface area contributed by atoms with Gasteiger partial charge in [-0.25, -0.2) is 14.6 Å². The lowest BCUT2D eigenvalue weighted by molar-refractivity contribution is -0.140. The van der Waals surface area contributed by atoms with E-state index in [4.69, 9.17) is 5.11 Å². The third-order valence-corrected chi connectivity index (χ3v) is 3.75. The van der Waals surface area contributed by atoms with Crippen LogP contribution in [0.1, 0.15) is 11.4 Å². The number of nitrogens with one attached hydrogen (secondary N) is 1. The van der Waals surface area contributed by atoms with Crippen molar-refractivity contribution in [3.8, 4) is 0 Å². The molecule has 9 heteroatoms. The number of anilines is 1. The molecule has 1 aromatic heterocycles. The lowest BCUT2D eigenvalue weighted by Gasteiger charge is -2.20. The van der Waals surface area contributed by atoms with E-state index in [1.165, 1.54) is 16.7 Å². The molecule has 1 aromatic rings. The van der Waals surface area contributed by atoms with Crippen molar-refractivity contribution in [2.75, 3.05) is 16.9 Å². The Morgan fingerprint density at radius 2 is 2.11 bits per heavy atom. The van der Waals surface area contributed by atoms with Crippen LogP contribution in [0, 0.1) is 13.8 Å². The van der Waals surface area contributed by atoms with Gasteiger partial charge in [0.05, 0.1) is 17.3 Å². The van der Waals surface area contributed by atoms with Gasteiger partial charge >= 0.3 is 12.0 Å². The number of hydrogen-bond acceptors (Lipinski definition) is 6. The number of amides is 2. The number of aliphatic carboxylic acids is 1. The van der Waals surface area contributed by atoms with E-state index in [0.29, 0.717) is 23.0 Å². The van der Waals surface area contributed by atoms with Crippen LogP contribution in [0.15, 0.2) is 0 Å². The van der Waals surface area contributed by atoms with Gasteiger partial charge in [0.15, 0.2) is 0 Å². The van der Waals surface area contributed by atoms with Crippen LogP contribution in [-0.2, 0) is 4.79 Å². The third-order valence-electron chi connectivity index (χ3n) is 2.74. The molecule has 1 unspecified atom stereocenters. The zero-order valence-electron chi connectivity index (χ0n) is 10.5. The summed E-state index contributed by atoms with van der Waals surface area (Å²) >= 11 is 1.39. The van der Waals surface area contributed by atoms with Crippen molar-refractivity contribution in [1.29, 1.82) is 0 Å². The minimum Gasteiger partial charge on any atom is -0.480 e. The number of aryl methyl sites for hydroxylation is 2. The minimum absolute atomic E-state index is 0.0779. The Labute approximate surface area is 113 Å². The summed E-state index contributed by atoms with van der Waals surface area (Å²) in [5, 5.41) is 19.1. The van der Waals surface area contributed by atoms with Crippen molar-refractivity contribution >= 4 is 29.7 Å². The first-order chi connectivity index (χ1) is 8.99. The molecule has 0 aromatic carbocycles. The Bertz CT molecular complexity index is 524. The Hall–Kier alpha value is -1.90. The topological polar surface area (TPSA) is 108 Å². The van der Waals surface area contributed by atoms with Crippen LogP contribution in [0.2, 0.25) is 0 Å². The molecule has 0 radical (unpaired) electrons. The fraction of sp³-hybridized carbons (Fsp3) is 0.500. The highest BCUT2D eigenvalue weighted by Crippen LogP contribution is 2.21. The fourth-order valence-corrected chi connectivity index (χ4v) is 2.67. The average molecular weight is 283 g/mol. The molecule has 102 valence electrons. The Kier molecular flexibility index (Phi) is 3.84. The molecule has 1 fully saturated rings. The fourth-order valence-electron chi connectivity index (χ4n) is 1.52. The zero-order chi connectivity index (χ0) is 14.0. The normalized spacial score (nSPS) is 18.4.